The zero-order chi connectivity index (χ0) is 30.3. The van der Waals surface area contributed by atoms with Crippen molar-refractivity contribution in [2.75, 3.05) is 14.2 Å². The number of rotatable bonds is 5. The van der Waals surface area contributed by atoms with Crippen LogP contribution in [0.25, 0.3) is 11.1 Å². The first-order valence-electron chi connectivity index (χ1n) is 14.2. The van der Waals surface area contributed by atoms with E-state index in [1.54, 1.807) is 12.2 Å². The number of hydrogen-bond donors (Lipinski definition) is 1. The van der Waals surface area contributed by atoms with Crippen LogP contribution in [0.2, 0.25) is 0 Å². The summed E-state index contributed by atoms with van der Waals surface area (Å²) in [6.45, 7) is 4.21. The summed E-state index contributed by atoms with van der Waals surface area (Å²) in [5.41, 5.74) is 7.32. The Morgan fingerprint density at radius 1 is 0.744 bits per heavy atom. The lowest BCUT2D eigenvalue weighted by atomic mass is 9.83. The summed E-state index contributed by atoms with van der Waals surface area (Å²) < 4.78 is 10.9. The monoisotopic (exact) mass is 570 g/mol. The van der Waals surface area contributed by atoms with E-state index >= 15 is 0 Å². The van der Waals surface area contributed by atoms with Gasteiger partial charge in [-0.3, -0.25) is 4.79 Å². The largest absolute Gasteiger partial charge is 0.465 e. The van der Waals surface area contributed by atoms with E-state index in [4.69, 9.17) is 9.47 Å². The average Bonchev–Trinajstić information content (AvgIpc) is 3.47. The molecule has 0 bridgehead atoms. The molecule has 2 aliphatic carbocycles. The first-order valence-corrected chi connectivity index (χ1v) is 14.2. The molecule has 1 atom stereocenters. The number of methoxy groups -OCH3 is 2. The van der Waals surface area contributed by atoms with Gasteiger partial charge in [0, 0.05) is 17.5 Å². The molecule has 214 valence electrons. The number of carbonyl (C=O) groups is 3. The summed E-state index contributed by atoms with van der Waals surface area (Å²) >= 11 is 0. The number of para-hydroxylation sites is 1. The van der Waals surface area contributed by atoms with Gasteiger partial charge in [0.2, 0.25) is 5.70 Å². The maximum Gasteiger partial charge on any atom is 0.393 e. The van der Waals surface area contributed by atoms with Gasteiger partial charge in [0.05, 0.1) is 19.6 Å². The molecular formula is C37H32NO5+. The number of hydrogen-bond acceptors (Lipinski definition) is 5. The van der Waals surface area contributed by atoms with Crippen LogP contribution in [0, 0.1) is 0 Å². The summed E-state index contributed by atoms with van der Waals surface area (Å²) in [5.74, 6) is -1.83. The van der Waals surface area contributed by atoms with Crippen LogP contribution >= 0.6 is 0 Å². The minimum Gasteiger partial charge on any atom is -0.465 e. The Morgan fingerprint density at radius 3 is 1.91 bits per heavy atom. The van der Waals surface area contributed by atoms with Gasteiger partial charge < -0.3 is 9.47 Å². The van der Waals surface area contributed by atoms with Crippen molar-refractivity contribution in [3.63, 3.8) is 0 Å². The molecule has 1 heterocycles. The fourth-order valence-corrected chi connectivity index (χ4v) is 6.56. The van der Waals surface area contributed by atoms with Crippen LogP contribution in [-0.2, 0) is 29.3 Å². The highest BCUT2D eigenvalue weighted by molar-refractivity contribution is 6.03. The van der Waals surface area contributed by atoms with Crippen LogP contribution in [-0.4, -0.2) is 31.9 Å². The van der Waals surface area contributed by atoms with Gasteiger partial charge in [-0.25, -0.2) is 14.5 Å². The molecule has 0 radical (unpaired) electrons. The van der Waals surface area contributed by atoms with Crippen LogP contribution in [0.1, 0.15) is 36.5 Å². The molecule has 0 saturated heterocycles. The maximum absolute atomic E-state index is 14.0. The molecule has 0 fully saturated rings. The van der Waals surface area contributed by atoms with Crippen LogP contribution < -0.4 is 4.90 Å². The van der Waals surface area contributed by atoms with Gasteiger partial charge in [0.15, 0.2) is 5.78 Å². The third kappa shape index (κ3) is 4.60. The van der Waals surface area contributed by atoms with Gasteiger partial charge in [0.1, 0.15) is 17.0 Å². The van der Waals surface area contributed by atoms with E-state index < -0.39 is 23.3 Å². The second-order valence-electron chi connectivity index (χ2n) is 11.2. The fraction of sp³-hybridized carbons (Fsp3) is 0.162. The Hall–Kier alpha value is -5.07. The number of benzene rings is 3. The Morgan fingerprint density at radius 2 is 1.30 bits per heavy atom. The van der Waals surface area contributed by atoms with Crippen molar-refractivity contribution < 1.29 is 28.8 Å². The molecule has 3 aromatic carbocycles. The lowest BCUT2D eigenvalue weighted by Gasteiger charge is -2.25. The van der Waals surface area contributed by atoms with Crippen molar-refractivity contribution in [1.29, 1.82) is 0 Å². The number of carbonyl (C=O) groups excluding carboxylic acids is 3. The molecule has 1 aliphatic heterocycles. The van der Waals surface area contributed by atoms with Crippen LogP contribution in [0.3, 0.4) is 0 Å². The highest BCUT2D eigenvalue weighted by atomic mass is 16.5. The van der Waals surface area contributed by atoms with Gasteiger partial charge in [-0.15, -0.1) is 0 Å². The molecule has 0 spiro atoms. The van der Waals surface area contributed by atoms with Crippen molar-refractivity contribution in [3.05, 3.63) is 148 Å². The Labute approximate surface area is 250 Å². The summed E-state index contributed by atoms with van der Waals surface area (Å²) in [7, 11) is 2.67. The van der Waals surface area contributed by atoms with Gasteiger partial charge >= 0.3 is 11.9 Å². The molecule has 3 aliphatic rings. The zero-order valence-corrected chi connectivity index (χ0v) is 24.5. The molecule has 0 saturated carbocycles. The normalized spacial score (nSPS) is 19.4. The highest BCUT2D eigenvalue weighted by Gasteiger charge is 2.52. The topological polar surface area (TPSA) is 74.1 Å². The molecular weight excluding hydrogens is 538 g/mol. The Balaban J connectivity index is 1.68. The van der Waals surface area contributed by atoms with Crippen LogP contribution in [0.5, 0.6) is 0 Å². The fourth-order valence-electron chi connectivity index (χ4n) is 6.56. The molecule has 6 nitrogen and oxygen atoms in total. The van der Waals surface area contributed by atoms with Crippen LogP contribution in [0.4, 0.5) is 5.69 Å². The standard InChI is InChI=1S/C37H31NO5/c1-37(2)29-15-9-10-16-30(29)38(31(37)22-19-23-17-20-24(39)21-18-23)34(36(41)43-4)33(35(40)42-3)32-27-13-7-5-11-25(27)26-12-6-8-14-28(26)32/h5-22,32H,1-4H3/p+1/b31-22?,34-33+. The van der Waals surface area contributed by atoms with E-state index in [0.717, 1.165) is 44.8 Å². The predicted molar refractivity (Wildman–Crippen MR) is 164 cm³/mol. The van der Waals surface area contributed by atoms with Crippen LogP contribution in [0.15, 0.2) is 132 Å². The summed E-state index contributed by atoms with van der Waals surface area (Å²) in [4.78, 5) is 40.4. The third-order valence-corrected chi connectivity index (χ3v) is 8.57. The van der Waals surface area contributed by atoms with E-state index in [1.165, 1.54) is 26.4 Å². The minimum atomic E-state index is -0.619. The first-order chi connectivity index (χ1) is 20.8. The number of nitrogens with one attached hydrogen (secondary N) is 1. The third-order valence-electron chi connectivity index (χ3n) is 8.57. The van der Waals surface area contributed by atoms with Crippen molar-refractivity contribution in [2.45, 2.75) is 25.2 Å². The number of ether oxygens (including phenoxy) is 2. The van der Waals surface area contributed by atoms with E-state index in [2.05, 4.69) is 19.9 Å². The van der Waals surface area contributed by atoms with Crippen molar-refractivity contribution in [1.82, 2.24) is 0 Å². The molecule has 1 N–H and O–H groups in total. The summed E-state index contributed by atoms with van der Waals surface area (Å²) in [6.07, 6.45) is 10.5. The Bertz CT molecular complexity index is 1770. The second-order valence-corrected chi connectivity index (χ2v) is 11.2. The molecule has 0 aromatic heterocycles. The van der Waals surface area contributed by atoms with Crippen molar-refractivity contribution in [3.8, 4) is 11.1 Å². The van der Waals surface area contributed by atoms with Gasteiger partial charge in [-0.1, -0.05) is 78.9 Å². The number of allylic oxidation sites excluding steroid dienone is 8. The first kappa shape index (κ1) is 28.1. The minimum absolute atomic E-state index is 0.0681. The Kier molecular flexibility index (Phi) is 7.16. The quantitative estimate of drug-likeness (QED) is 0.328. The second kappa shape index (κ2) is 11.0. The lowest BCUT2D eigenvalue weighted by Crippen LogP contribution is -3.04. The lowest BCUT2D eigenvalue weighted by molar-refractivity contribution is -0.740. The van der Waals surface area contributed by atoms with Gasteiger partial charge in [0.25, 0.3) is 0 Å². The number of quaternary nitrogens is 1. The predicted octanol–water partition coefficient (Wildman–Crippen LogP) is 5.41. The average molecular weight is 571 g/mol. The number of ketones is 1. The molecule has 3 aromatic rings. The van der Waals surface area contributed by atoms with E-state index in [0.29, 0.717) is 4.90 Å². The van der Waals surface area contributed by atoms with Gasteiger partial charge in [-0.05, 0) is 66.0 Å². The van der Waals surface area contributed by atoms with E-state index in [9.17, 15) is 14.4 Å². The van der Waals surface area contributed by atoms with E-state index in [-0.39, 0.29) is 17.1 Å². The maximum atomic E-state index is 14.0. The molecule has 0 amide bonds. The smallest absolute Gasteiger partial charge is 0.393 e. The summed E-state index contributed by atoms with van der Waals surface area (Å²) in [6, 6.07) is 23.8. The van der Waals surface area contributed by atoms with E-state index in [1.807, 2.05) is 78.9 Å². The van der Waals surface area contributed by atoms with Crippen molar-refractivity contribution in [2.24, 2.45) is 0 Å². The summed E-state index contributed by atoms with van der Waals surface area (Å²) in [5, 5.41) is 0. The molecule has 1 unspecified atom stereocenters. The SMILES string of the molecule is COC(=O)/C(=C(\C(=O)OC)[NH+]1C(=CC=C2C=CC(=O)C=C2)C(C)(C)c2ccccc21)C1c2ccccc2-c2ccccc21. The molecule has 6 heteroatoms. The van der Waals surface area contributed by atoms with Gasteiger partial charge in [-0.2, -0.15) is 0 Å². The highest BCUT2D eigenvalue weighted by Crippen LogP contribution is 2.49. The van der Waals surface area contributed by atoms with Crippen molar-refractivity contribution >= 4 is 23.4 Å². The molecule has 43 heavy (non-hydrogen) atoms. The number of fused-ring (bicyclic) bond motifs is 4. The molecule has 6 rings (SSSR count). The zero-order valence-electron chi connectivity index (χ0n) is 24.5. The number of esters is 2.